The van der Waals surface area contributed by atoms with Gasteiger partial charge in [-0.1, -0.05) is 0 Å². The minimum absolute atomic E-state index is 0.135. The van der Waals surface area contributed by atoms with Crippen molar-refractivity contribution in [2.75, 3.05) is 0 Å². The zero-order chi connectivity index (χ0) is 12.5. The summed E-state index contributed by atoms with van der Waals surface area (Å²) in [6.45, 7) is 1.22. The molecule has 0 aliphatic heterocycles. The molecule has 0 saturated heterocycles. The van der Waals surface area contributed by atoms with Gasteiger partial charge in [-0.05, 0) is 24.6 Å². The Hall–Kier alpha value is -1.19. The minimum atomic E-state index is -4.13. The van der Waals surface area contributed by atoms with Crippen LogP contribution in [-0.4, -0.2) is 8.42 Å². The van der Waals surface area contributed by atoms with E-state index in [2.05, 4.69) is 0 Å². The molecular weight excluding hydrogens is 260 g/mol. The number of hydrogen-bond donors (Lipinski definition) is 0. The maximum Gasteiger partial charge on any atom is 0.264 e. The summed E-state index contributed by atoms with van der Waals surface area (Å²) >= 11 is 0. The molecule has 0 fully saturated rings. The quantitative estimate of drug-likeness (QED) is 0.773. The van der Waals surface area contributed by atoms with Gasteiger partial charge in [-0.15, -0.1) is 0 Å². The molecular formula is C9H6ClF2NO2S. The second kappa shape index (κ2) is 4.36. The van der Waals surface area contributed by atoms with Gasteiger partial charge in [0.05, 0.1) is 16.5 Å². The molecule has 1 aromatic rings. The van der Waals surface area contributed by atoms with Gasteiger partial charge < -0.3 is 0 Å². The lowest BCUT2D eigenvalue weighted by atomic mass is 10.1. The van der Waals surface area contributed by atoms with E-state index in [0.717, 1.165) is 12.1 Å². The van der Waals surface area contributed by atoms with Crippen LogP contribution in [0.5, 0.6) is 0 Å². The molecule has 0 radical (unpaired) electrons. The van der Waals surface area contributed by atoms with Gasteiger partial charge in [0.15, 0.2) is 0 Å². The van der Waals surface area contributed by atoms with E-state index in [0.29, 0.717) is 0 Å². The Morgan fingerprint density at radius 2 is 2.00 bits per heavy atom. The molecule has 0 bridgehead atoms. The van der Waals surface area contributed by atoms with E-state index >= 15 is 0 Å². The van der Waals surface area contributed by atoms with Crippen molar-refractivity contribution in [2.24, 2.45) is 0 Å². The molecule has 16 heavy (non-hydrogen) atoms. The highest BCUT2D eigenvalue weighted by molar-refractivity contribution is 8.13. The number of halogens is 3. The van der Waals surface area contributed by atoms with Crippen molar-refractivity contribution in [3.8, 4) is 6.07 Å². The number of rotatable bonds is 2. The second-order valence-corrected chi connectivity index (χ2v) is 5.57. The van der Waals surface area contributed by atoms with Crippen LogP contribution in [0.15, 0.2) is 17.0 Å². The van der Waals surface area contributed by atoms with Gasteiger partial charge in [0, 0.05) is 16.2 Å². The molecule has 7 heteroatoms. The largest absolute Gasteiger partial charge is 0.264 e. The minimum Gasteiger partial charge on any atom is -0.207 e. The fourth-order valence-corrected chi connectivity index (χ4v) is 2.49. The van der Waals surface area contributed by atoms with Gasteiger partial charge in [-0.3, -0.25) is 0 Å². The molecule has 0 saturated carbocycles. The molecule has 0 spiro atoms. The van der Waals surface area contributed by atoms with E-state index in [1.54, 1.807) is 6.07 Å². The summed E-state index contributed by atoms with van der Waals surface area (Å²) < 4.78 is 47.3. The van der Waals surface area contributed by atoms with Gasteiger partial charge in [0.25, 0.3) is 15.5 Å². The van der Waals surface area contributed by atoms with Crippen molar-refractivity contribution in [1.82, 2.24) is 0 Å². The van der Waals surface area contributed by atoms with Crippen LogP contribution in [0.3, 0.4) is 0 Å². The molecule has 0 unspecified atom stereocenters. The Balaban J connectivity index is 3.65. The van der Waals surface area contributed by atoms with Gasteiger partial charge in [0.2, 0.25) is 0 Å². The number of benzene rings is 1. The fourth-order valence-electron chi connectivity index (χ4n) is 1.25. The molecule has 0 aromatic heterocycles. The first-order valence-corrected chi connectivity index (χ1v) is 6.35. The van der Waals surface area contributed by atoms with E-state index in [1.807, 2.05) is 0 Å². The third-order valence-corrected chi connectivity index (χ3v) is 3.48. The fraction of sp³-hybridized carbons (Fsp3) is 0.222. The average Bonchev–Trinajstić information content (AvgIpc) is 2.15. The summed E-state index contributed by atoms with van der Waals surface area (Å²) in [6.07, 6.45) is -2.86. The highest BCUT2D eigenvalue weighted by Gasteiger charge is 2.21. The summed E-state index contributed by atoms with van der Waals surface area (Å²) in [5, 5.41) is 8.59. The lowest BCUT2D eigenvalue weighted by molar-refractivity contribution is 0.150. The Morgan fingerprint density at radius 3 is 2.38 bits per heavy atom. The smallest absolute Gasteiger partial charge is 0.207 e. The summed E-state index contributed by atoms with van der Waals surface area (Å²) in [6, 6.07) is 3.53. The van der Waals surface area contributed by atoms with Crippen molar-refractivity contribution in [1.29, 1.82) is 5.26 Å². The predicted molar refractivity (Wildman–Crippen MR) is 53.9 cm³/mol. The Labute approximate surface area is 95.7 Å². The molecule has 0 heterocycles. The second-order valence-electron chi connectivity index (χ2n) is 3.04. The van der Waals surface area contributed by atoms with E-state index in [4.69, 9.17) is 15.9 Å². The summed E-state index contributed by atoms with van der Waals surface area (Å²) in [4.78, 5) is -0.455. The van der Waals surface area contributed by atoms with E-state index in [1.165, 1.54) is 6.92 Å². The van der Waals surface area contributed by atoms with Crippen LogP contribution in [0.25, 0.3) is 0 Å². The van der Waals surface area contributed by atoms with Crippen LogP contribution in [0, 0.1) is 18.3 Å². The zero-order valence-corrected chi connectivity index (χ0v) is 9.61. The monoisotopic (exact) mass is 265 g/mol. The molecule has 86 valence electrons. The standard InChI is InChI=1S/C9H6ClF2NO2S/c1-5-7(9(11)12)2-6(4-13)3-8(5)16(10,14)15/h2-3,9H,1H3. The Kier molecular flexibility index (Phi) is 3.51. The number of nitriles is 1. The van der Waals surface area contributed by atoms with Crippen molar-refractivity contribution in [3.05, 3.63) is 28.8 Å². The van der Waals surface area contributed by atoms with Gasteiger partial charge in [-0.2, -0.15) is 5.26 Å². The van der Waals surface area contributed by atoms with Gasteiger partial charge >= 0.3 is 0 Å². The summed E-state index contributed by atoms with van der Waals surface area (Å²) in [5.74, 6) is 0. The van der Waals surface area contributed by atoms with E-state index in [9.17, 15) is 17.2 Å². The van der Waals surface area contributed by atoms with Crippen molar-refractivity contribution < 1.29 is 17.2 Å². The van der Waals surface area contributed by atoms with E-state index in [-0.39, 0.29) is 11.1 Å². The number of nitrogens with zero attached hydrogens (tertiary/aromatic N) is 1. The first-order chi connectivity index (χ1) is 7.27. The van der Waals surface area contributed by atoms with Crippen molar-refractivity contribution in [3.63, 3.8) is 0 Å². The lowest BCUT2D eigenvalue weighted by Gasteiger charge is -2.09. The molecule has 0 aliphatic carbocycles. The molecule has 0 amide bonds. The van der Waals surface area contributed by atoms with Crippen LogP contribution in [0.4, 0.5) is 8.78 Å². The molecule has 1 aromatic carbocycles. The van der Waals surface area contributed by atoms with Gasteiger partial charge in [-0.25, -0.2) is 17.2 Å². The first-order valence-electron chi connectivity index (χ1n) is 4.05. The van der Waals surface area contributed by atoms with Gasteiger partial charge in [0.1, 0.15) is 0 Å². The third-order valence-electron chi connectivity index (χ3n) is 2.03. The van der Waals surface area contributed by atoms with Crippen molar-refractivity contribution in [2.45, 2.75) is 18.2 Å². The normalized spacial score (nSPS) is 11.5. The highest BCUT2D eigenvalue weighted by atomic mass is 35.7. The summed E-state index contributed by atoms with van der Waals surface area (Å²) in [5.41, 5.74) is -0.803. The molecule has 0 N–H and O–H groups in total. The number of alkyl halides is 2. The Morgan fingerprint density at radius 1 is 1.44 bits per heavy atom. The highest BCUT2D eigenvalue weighted by Crippen LogP contribution is 2.30. The van der Waals surface area contributed by atoms with E-state index < -0.39 is 25.9 Å². The molecule has 0 aliphatic rings. The lowest BCUT2D eigenvalue weighted by Crippen LogP contribution is -2.01. The maximum absolute atomic E-state index is 12.6. The molecule has 3 nitrogen and oxygen atoms in total. The maximum atomic E-state index is 12.6. The van der Waals surface area contributed by atoms with Crippen molar-refractivity contribution >= 4 is 19.7 Å². The molecule has 1 rings (SSSR count). The topological polar surface area (TPSA) is 57.9 Å². The average molecular weight is 266 g/mol. The van der Waals surface area contributed by atoms with Crippen LogP contribution < -0.4 is 0 Å². The third kappa shape index (κ3) is 2.49. The predicted octanol–water partition coefficient (Wildman–Crippen LogP) is 2.73. The van der Waals surface area contributed by atoms with Crippen LogP contribution in [-0.2, 0) is 9.05 Å². The Bertz CT molecular complexity index is 564. The first kappa shape index (κ1) is 12.9. The summed E-state index contributed by atoms with van der Waals surface area (Å²) in [7, 11) is 0.953. The SMILES string of the molecule is Cc1c(C(F)F)cc(C#N)cc1S(=O)(=O)Cl. The zero-order valence-electron chi connectivity index (χ0n) is 8.04. The van der Waals surface area contributed by atoms with Crippen LogP contribution in [0.2, 0.25) is 0 Å². The molecule has 0 atom stereocenters. The van der Waals surface area contributed by atoms with Crippen LogP contribution in [0.1, 0.15) is 23.1 Å². The number of hydrogen-bond acceptors (Lipinski definition) is 3. The van der Waals surface area contributed by atoms with Crippen LogP contribution >= 0.6 is 10.7 Å².